The van der Waals surface area contributed by atoms with Crippen molar-refractivity contribution < 1.29 is 4.39 Å². The first-order chi connectivity index (χ1) is 9.08. The van der Waals surface area contributed by atoms with Crippen LogP contribution in [0.25, 0.3) is 10.9 Å². The summed E-state index contributed by atoms with van der Waals surface area (Å²) in [6, 6.07) is 3.39. The molecule has 0 bridgehead atoms. The molecule has 0 aliphatic carbocycles. The summed E-state index contributed by atoms with van der Waals surface area (Å²) < 4.78 is 14.8. The van der Waals surface area contributed by atoms with Gasteiger partial charge in [0.2, 0.25) is 0 Å². The Bertz CT molecular complexity index is 611. The second-order valence-electron chi connectivity index (χ2n) is 4.62. The van der Waals surface area contributed by atoms with Gasteiger partial charge in [-0.1, -0.05) is 29.8 Å². The summed E-state index contributed by atoms with van der Waals surface area (Å²) in [5.74, 6) is -0.279. The van der Waals surface area contributed by atoms with E-state index in [-0.39, 0.29) is 5.82 Å². The Kier molecular flexibility index (Phi) is 4.40. The molecule has 1 heterocycles. The minimum absolute atomic E-state index is 0.279. The first-order valence-corrected chi connectivity index (χ1v) is 7.39. The van der Waals surface area contributed by atoms with Crippen molar-refractivity contribution >= 4 is 32.5 Å². The third-order valence-corrected chi connectivity index (χ3v) is 3.70. The molecule has 0 saturated carbocycles. The van der Waals surface area contributed by atoms with Gasteiger partial charge in [-0.2, -0.15) is 0 Å². The summed E-state index contributed by atoms with van der Waals surface area (Å²) in [7, 11) is 0. The van der Waals surface area contributed by atoms with Crippen LogP contribution in [0.5, 0.6) is 0 Å². The van der Waals surface area contributed by atoms with Crippen LogP contribution < -0.4 is 5.32 Å². The number of halogens is 2. The summed E-state index contributed by atoms with van der Waals surface area (Å²) in [5.41, 5.74) is 3.52. The Labute approximate surface area is 121 Å². The summed E-state index contributed by atoms with van der Waals surface area (Å²) >= 11 is 3.35. The zero-order valence-electron chi connectivity index (χ0n) is 11.5. The van der Waals surface area contributed by atoms with Gasteiger partial charge < -0.3 is 5.32 Å². The normalized spacial score (nSPS) is 11.0. The lowest BCUT2D eigenvalue weighted by atomic mass is 10.0. The van der Waals surface area contributed by atoms with Crippen molar-refractivity contribution in [2.24, 2.45) is 0 Å². The minimum atomic E-state index is -0.279. The van der Waals surface area contributed by atoms with E-state index in [1.165, 1.54) is 6.07 Å². The van der Waals surface area contributed by atoms with Crippen molar-refractivity contribution in [3.8, 4) is 0 Å². The van der Waals surface area contributed by atoms with Crippen LogP contribution >= 0.6 is 15.9 Å². The number of aryl methyl sites for hydroxylation is 1. The smallest absolute Gasteiger partial charge is 0.150 e. The molecule has 0 atom stereocenters. The molecule has 2 aromatic rings. The molecule has 0 fully saturated rings. The second-order valence-corrected chi connectivity index (χ2v) is 5.54. The summed E-state index contributed by atoms with van der Waals surface area (Å²) in [5, 5.41) is 4.25. The van der Waals surface area contributed by atoms with E-state index >= 15 is 0 Å². The lowest BCUT2D eigenvalue weighted by Crippen LogP contribution is -2.06. The number of nitrogens with one attached hydrogen (secondary N) is 1. The molecule has 2 nitrogen and oxygen atoms in total. The molecule has 1 aromatic carbocycles. The molecule has 2 rings (SSSR count). The predicted octanol–water partition coefficient (Wildman–Crippen LogP) is 4.83. The molecule has 0 aliphatic heterocycles. The Morgan fingerprint density at radius 2 is 2.05 bits per heavy atom. The molecule has 4 heteroatoms. The van der Waals surface area contributed by atoms with Crippen LogP contribution in [0, 0.1) is 12.7 Å². The average Bonchev–Trinajstić information content (AvgIpc) is 2.37. The molecule has 0 saturated heterocycles. The van der Waals surface area contributed by atoms with Gasteiger partial charge in [0.15, 0.2) is 5.82 Å². The fourth-order valence-electron chi connectivity index (χ4n) is 2.26. The fraction of sp³-hybridized carbons (Fsp3) is 0.400. The summed E-state index contributed by atoms with van der Waals surface area (Å²) in [6.45, 7) is 7.07. The van der Waals surface area contributed by atoms with Gasteiger partial charge >= 0.3 is 0 Å². The molecule has 0 radical (unpaired) electrons. The van der Waals surface area contributed by atoms with Crippen LogP contribution in [0.1, 0.15) is 31.5 Å². The largest absolute Gasteiger partial charge is 0.384 e. The molecule has 102 valence electrons. The van der Waals surface area contributed by atoms with Gasteiger partial charge in [0.05, 0.1) is 0 Å². The highest BCUT2D eigenvalue weighted by molar-refractivity contribution is 9.10. The maximum atomic E-state index is 14.1. The van der Waals surface area contributed by atoms with E-state index in [0.717, 1.165) is 46.2 Å². The van der Waals surface area contributed by atoms with Gasteiger partial charge in [-0.3, -0.25) is 0 Å². The molecule has 19 heavy (non-hydrogen) atoms. The first-order valence-electron chi connectivity index (χ1n) is 6.60. The number of aromatic nitrogens is 1. The number of nitrogens with zero attached hydrogens (tertiary/aromatic N) is 1. The van der Waals surface area contributed by atoms with Crippen molar-refractivity contribution in [2.75, 3.05) is 11.9 Å². The number of pyridine rings is 1. The van der Waals surface area contributed by atoms with Crippen LogP contribution in [-0.2, 0) is 6.42 Å². The average molecular weight is 325 g/mol. The quantitative estimate of drug-likeness (QED) is 0.871. The molecule has 1 N–H and O–H groups in total. The van der Waals surface area contributed by atoms with Crippen molar-refractivity contribution in [2.45, 2.75) is 33.6 Å². The van der Waals surface area contributed by atoms with Gasteiger partial charge in [-0.15, -0.1) is 0 Å². The van der Waals surface area contributed by atoms with Crippen molar-refractivity contribution in [1.29, 1.82) is 0 Å². The van der Waals surface area contributed by atoms with E-state index in [9.17, 15) is 4.39 Å². The number of benzene rings is 1. The number of rotatable bonds is 4. The number of hydrogen-bond acceptors (Lipinski definition) is 2. The zero-order valence-corrected chi connectivity index (χ0v) is 13.1. The number of hydrogen-bond donors (Lipinski definition) is 1. The maximum absolute atomic E-state index is 14.1. The van der Waals surface area contributed by atoms with E-state index in [1.54, 1.807) is 0 Å². The van der Waals surface area contributed by atoms with E-state index in [4.69, 9.17) is 0 Å². The zero-order chi connectivity index (χ0) is 14.0. The Morgan fingerprint density at radius 3 is 2.68 bits per heavy atom. The minimum Gasteiger partial charge on any atom is -0.384 e. The predicted molar refractivity (Wildman–Crippen MR) is 82.3 cm³/mol. The Hall–Kier alpha value is -1.16. The molecular weight excluding hydrogens is 307 g/mol. The van der Waals surface area contributed by atoms with Crippen LogP contribution in [0.2, 0.25) is 0 Å². The molecular formula is C15H18BrFN2. The van der Waals surface area contributed by atoms with Gasteiger partial charge in [0, 0.05) is 27.8 Å². The van der Waals surface area contributed by atoms with Gasteiger partial charge in [-0.05, 0) is 37.5 Å². The molecule has 0 amide bonds. The summed E-state index contributed by atoms with van der Waals surface area (Å²) in [4.78, 5) is 4.47. The van der Waals surface area contributed by atoms with Crippen LogP contribution in [-0.4, -0.2) is 11.5 Å². The van der Waals surface area contributed by atoms with Crippen LogP contribution in [0.3, 0.4) is 0 Å². The van der Waals surface area contributed by atoms with Crippen LogP contribution in [0.15, 0.2) is 16.6 Å². The van der Waals surface area contributed by atoms with Crippen molar-refractivity contribution in [1.82, 2.24) is 4.98 Å². The van der Waals surface area contributed by atoms with Gasteiger partial charge in [-0.25, -0.2) is 9.37 Å². The van der Waals surface area contributed by atoms with E-state index < -0.39 is 0 Å². The maximum Gasteiger partial charge on any atom is 0.150 e. The lowest BCUT2D eigenvalue weighted by Gasteiger charge is -2.16. The molecule has 0 aliphatic rings. The number of fused-ring (bicyclic) bond motifs is 1. The third kappa shape index (κ3) is 2.73. The Balaban J connectivity index is 2.75. The monoisotopic (exact) mass is 324 g/mol. The van der Waals surface area contributed by atoms with Gasteiger partial charge in [0.1, 0.15) is 5.52 Å². The first kappa shape index (κ1) is 14.3. The lowest BCUT2D eigenvalue weighted by molar-refractivity contribution is 0.635. The van der Waals surface area contributed by atoms with Crippen LogP contribution in [0.4, 0.5) is 10.1 Å². The van der Waals surface area contributed by atoms with E-state index in [1.807, 2.05) is 19.9 Å². The molecule has 0 spiro atoms. The standard InChI is InChI=1S/C15H18BrFN2/c1-4-6-18-14-9(3)13(5-2)19-15-11(14)7-10(16)8-12(15)17/h7-8H,4-6H2,1-3H3,(H,18,19). The van der Waals surface area contributed by atoms with Crippen molar-refractivity contribution in [3.63, 3.8) is 0 Å². The SMILES string of the molecule is CCCNc1c(C)c(CC)nc2c(F)cc(Br)cc12. The topological polar surface area (TPSA) is 24.9 Å². The highest BCUT2D eigenvalue weighted by atomic mass is 79.9. The van der Waals surface area contributed by atoms with E-state index in [0.29, 0.717) is 5.52 Å². The summed E-state index contributed by atoms with van der Waals surface area (Å²) in [6.07, 6.45) is 1.83. The molecule has 1 aromatic heterocycles. The third-order valence-electron chi connectivity index (χ3n) is 3.24. The highest BCUT2D eigenvalue weighted by Gasteiger charge is 2.14. The molecule has 0 unspecified atom stereocenters. The highest BCUT2D eigenvalue weighted by Crippen LogP contribution is 2.32. The Morgan fingerprint density at radius 1 is 1.32 bits per heavy atom. The fourth-order valence-corrected chi connectivity index (χ4v) is 2.69. The van der Waals surface area contributed by atoms with Gasteiger partial charge in [0.25, 0.3) is 0 Å². The van der Waals surface area contributed by atoms with E-state index in [2.05, 4.69) is 33.2 Å². The second kappa shape index (κ2) is 5.87. The van der Waals surface area contributed by atoms with Crippen molar-refractivity contribution in [3.05, 3.63) is 33.7 Å². The number of anilines is 1.